The highest BCUT2D eigenvalue weighted by Gasteiger charge is 2.84. The summed E-state index contributed by atoms with van der Waals surface area (Å²) in [5.41, 5.74) is 0.657. The summed E-state index contributed by atoms with van der Waals surface area (Å²) in [4.78, 5) is 0. The minimum absolute atomic E-state index is 0.0162. The summed E-state index contributed by atoms with van der Waals surface area (Å²) in [6, 6.07) is 0. The number of thioether (sulfide) groups is 1. The summed E-state index contributed by atoms with van der Waals surface area (Å²) in [6.45, 7) is 12.6. The fraction of sp³-hybridized carbons (Fsp3) is 0.846. The number of hydrogen-bond acceptors (Lipinski definition) is 6. The quantitative estimate of drug-likeness (QED) is 0.171. The van der Waals surface area contributed by atoms with E-state index in [1.54, 1.807) is 18.9 Å². The summed E-state index contributed by atoms with van der Waals surface area (Å²) >= 11 is 1.74. The normalized spacial score (nSPS) is 45.8. The van der Waals surface area contributed by atoms with E-state index in [1.807, 2.05) is 6.26 Å². The second-order valence-electron chi connectivity index (χ2n) is 10.5. The number of methoxy groups -OCH3 is 1. The number of fused-ring (bicyclic) bond motifs is 1. The SMILES string of the molecule is C#C.COCO/C=C1\C(C)CCC2(C)C1COC1(C)C(OCSC)C(C(C)C)CC3OC321. The van der Waals surface area contributed by atoms with E-state index in [0.29, 0.717) is 36.2 Å². The van der Waals surface area contributed by atoms with Crippen molar-refractivity contribution in [3.8, 4) is 12.8 Å². The third-order valence-electron chi connectivity index (χ3n) is 8.74. The molecule has 2 aliphatic carbocycles. The second kappa shape index (κ2) is 9.88. The van der Waals surface area contributed by atoms with Crippen LogP contribution in [0.2, 0.25) is 0 Å². The number of hydrogen-bond donors (Lipinski definition) is 0. The molecule has 4 fully saturated rings. The smallest absolute Gasteiger partial charge is 0.187 e. The first-order valence-corrected chi connectivity index (χ1v) is 13.2. The number of ether oxygens (including phenoxy) is 5. The van der Waals surface area contributed by atoms with Crippen LogP contribution in [-0.2, 0) is 23.7 Å². The maximum atomic E-state index is 6.84. The predicted molar refractivity (Wildman–Crippen MR) is 129 cm³/mol. The zero-order valence-corrected chi connectivity index (χ0v) is 21.7. The van der Waals surface area contributed by atoms with Crippen LogP contribution in [0.25, 0.3) is 0 Å². The zero-order chi connectivity index (χ0) is 23.7. The van der Waals surface area contributed by atoms with Crippen molar-refractivity contribution in [2.24, 2.45) is 29.1 Å². The Labute approximate surface area is 199 Å². The van der Waals surface area contributed by atoms with Crippen molar-refractivity contribution in [2.45, 2.75) is 77.3 Å². The maximum absolute atomic E-state index is 6.84. The van der Waals surface area contributed by atoms with Gasteiger partial charge in [0.1, 0.15) is 11.2 Å². The van der Waals surface area contributed by atoms with Gasteiger partial charge in [0.25, 0.3) is 0 Å². The van der Waals surface area contributed by atoms with Gasteiger partial charge in [-0.3, -0.25) is 0 Å². The lowest BCUT2D eigenvalue weighted by Gasteiger charge is -2.62. The fourth-order valence-corrected chi connectivity index (χ4v) is 7.37. The molecular weight excluding hydrogens is 424 g/mol. The third kappa shape index (κ3) is 3.73. The van der Waals surface area contributed by atoms with Crippen LogP contribution >= 0.6 is 11.8 Å². The molecule has 6 heteroatoms. The average molecular weight is 467 g/mol. The first kappa shape index (κ1) is 25.9. The van der Waals surface area contributed by atoms with Crippen molar-refractivity contribution in [1.82, 2.24) is 0 Å². The monoisotopic (exact) mass is 466 g/mol. The Bertz CT molecular complexity index is 708. The Kier molecular flexibility index (Phi) is 8.00. The van der Waals surface area contributed by atoms with Gasteiger partial charge in [-0.15, -0.1) is 24.6 Å². The van der Waals surface area contributed by atoms with Gasteiger partial charge >= 0.3 is 0 Å². The topological polar surface area (TPSA) is 49.5 Å². The molecule has 0 amide bonds. The summed E-state index contributed by atoms with van der Waals surface area (Å²) in [7, 11) is 1.66. The summed E-state index contributed by atoms with van der Waals surface area (Å²) in [5, 5.41) is 0. The average Bonchev–Trinajstić information content (AvgIpc) is 3.52. The highest BCUT2D eigenvalue weighted by atomic mass is 32.2. The van der Waals surface area contributed by atoms with Gasteiger partial charge in [0.2, 0.25) is 0 Å². The summed E-state index contributed by atoms with van der Waals surface area (Å²) in [6.07, 6.45) is 15.7. The standard InChI is InChI=1S/C24H40O5S.C2H2/c1-15(2)17-10-20-24(29-20)22(4)9-8-16(3)18(11-26-13-25-6)19(22)12-28-23(24,5)21(17)27-14-30-7;1-2/h11,15-17,19-21H,8-10,12-14H2,1-7H3;1-2H/b18-11+;. The molecule has 2 heterocycles. The van der Waals surface area contributed by atoms with Crippen LogP contribution in [0, 0.1) is 41.9 Å². The van der Waals surface area contributed by atoms with E-state index in [-0.39, 0.29) is 30.0 Å². The Morgan fingerprint density at radius 2 is 2.00 bits per heavy atom. The molecule has 32 heavy (non-hydrogen) atoms. The lowest BCUT2D eigenvalue weighted by atomic mass is 9.48. The van der Waals surface area contributed by atoms with Gasteiger partial charge in [-0.1, -0.05) is 27.7 Å². The first-order chi connectivity index (χ1) is 15.3. The van der Waals surface area contributed by atoms with Crippen molar-refractivity contribution in [3.63, 3.8) is 0 Å². The van der Waals surface area contributed by atoms with E-state index >= 15 is 0 Å². The van der Waals surface area contributed by atoms with E-state index in [1.165, 1.54) is 5.57 Å². The molecule has 8 atom stereocenters. The van der Waals surface area contributed by atoms with Gasteiger partial charge in [-0.25, -0.2) is 0 Å². The van der Waals surface area contributed by atoms with Gasteiger partial charge in [-0.2, -0.15) is 0 Å². The van der Waals surface area contributed by atoms with Gasteiger partial charge in [0, 0.05) is 18.4 Å². The molecule has 0 N–H and O–H groups in total. The zero-order valence-electron chi connectivity index (χ0n) is 20.9. The number of terminal acetylenes is 1. The van der Waals surface area contributed by atoms with E-state index in [2.05, 4.69) is 53.7 Å². The van der Waals surface area contributed by atoms with E-state index in [9.17, 15) is 0 Å². The minimum atomic E-state index is -0.426. The molecule has 2 aliphatic heterocycles. The van der Waals surface area contributed by atoms with Crippen molar-refractivity contribution >= 4 is 11.8 Å². The van der Waals surface area contributed by atoms with Gasteiger partial charge < -0.3 is 23.7 Å². The molecule has 2 saturated heterocycles. The molecule has 2 saturated carbocycles. The Balaban J connectivity index is 0.00000141. The van der Waals surface area contributed by atoms with Crippen molar-refractivity contribution in [3.05, 3.63) is 11.8 Å². The van der Waals surface area contributed by atoms with Gasteiger partial charge in [0.05, 0.1) is 31.0 Å². The van der Waals surface area contributed by atoms with Crippen molar-refractivity contribution in [1.29, 1.82) is 0 Å². The van der Waals surface area contributed by atoms with Crippen molar-refractivity contribution in [2.75, 3.05) is 32.7 Å². The molecule has 0 aromatic heterocycles. The first-order valence-electron chi connectivity index (χ1n) is 11.8. The summed E-state index contributed by atoms with van der Waals surface area (Å²) < 4.78 is 30.9. The van der Waals surface area contributed by atoms with E-state index < -0.39 is 5.60 Å². The van der Waals surface area contributed by atoms with Crippen LogP contribution < -0.4 is 0 Å². The van der Waals surface area contributed by atoms with Crippen LogP contribution in [0.1, 0.15) is 53.9 Å². The molecule has 8 unspecified atom stereocenters. The fourth-order valence-electron chi connectivity index (χ4n) is 7.08. The maximum Gasteiger partial charge on any atom is 0.187 e. The molecule has 4 aliphatic rings. The highest BCUT2D eigenvalue weighted by Crippen LogP contribution is 2.72. The lowest BCUT2D eigenvalue weighted by molar-refractivity contribution is -0.265. The molecular formula is C26H42O5S. The predicted octanol–water partition coefficient (Wildman–Crippen LogP) is 5.10. The Morgan fingerprint density at radius 3 is 2.62 bits per heavy atom. The molecule has 0 aromatic carbocycles. The molecule has 182 valence electrons. The largest absolute Gasteiger partial charge is 0.475 e. The summed E-state index contributed by atoms with van der Waals surface area (Å²) in [5.74, 6) is 2.46. The van der Waals surface area contributed by atoms with Gasteiger partial charge in [-0.05, 0) is 55.8 Å². The highest BCUT2D eigenvalue weighted by molar-refractivity contribution is 7.98. The molecule has 0 radical (unpaired) electrons. The molecule has 4 rings (SSSR count). The van der Waals surface area contributed by atoms with Gasteiger partial charge in [0.15, 0.2) is 6.79 Å². The molecule has 1 spiro atoms. The Hall–Kier alpha value is -0.710. The van der Waals surface area contributed by atoms with E-state index in [0.717, 1.165) is 19.3 Å². The number of rotatable bonds is 7. The Morgan fingerprint density at radius 1 is 1.28 bits per heavy atom. The van der Waals surface area contributed by atoms with Crippen LogP contribution in [0.4, 0.5) is 0 Å². The lowest BCUT2D eigenvalue weighted by Crippen LogP contribution is -2.72. The number of epoxide rings is 1. The van der Waals surface area contributed by atoms with Crippen LogP contribution in [0.5, 0.6) is 0 Å². The molecule has 0 aromatic rings. The minimum Gasteiger partial charge on any atom is -0.475 e. The molecule has 0 bridgehead atoms. The van der Waals surface area contributed by atoms with Crippen LogP contribution in [0.15, 0.2) is 11.8 Å². The van der Waals surface area contributed by atoms with E-state index in [4.69, 9.17) is 23.7 Å². The molecule has 5 nitrogen and oxygen atoms in total. The van der Waals surface area contributed by atoms with Crippen LogP contribution in [0.3, 0.4) is 0 Å². The van der Waals surface area contributed by atoms with Crippen LogP contribution in [-0.4, -0.2) is 56.1 Å². The van der Waals surface area contributed by atoms with Crippen molar-refractivity contribution < 1.29 is 23.7 Å². The second-order valence-corrected chi connectivity index (χ2v) is 11.3. The third-order valence-corrected chi connectivity index (χ3v) is 9.11.